The van der Waals surface area contributed by atoms with E-state index in [9.17, 15) is 4.79 Å². The Morgan fingerprint density at radius 3 is 3.04 bits per heavy atom. The molecule has 0 spiro atoms. The monoisotopic (exact) mass is 333 g/mol. The summed E-state index contributed by atoms with van der Waals surface area (Å²) in [5, 5.41) is 8.08. The number of carbonyl (C=O) groups excluding carboxylic acids is 1. The van der Waals surface area contributed by atoms with Crippen LogP contribution in [0.3, 0.4) is 0 Å². The lowest BCUT2D eigenvalue weighted by atomic mass is 9.99. The largest absolute Gasteiger partial charge is 0.365 e. The molecule has 0 aromatic carbocycles. The van der Waals surface area contributed by atoms with Crippen LogP contribution < -0.4 is 5.32 Å². The van der Waals surface area contributed by atoms with Crippen molar-refractivity contribution in [1.82, 2.24) is 19.7 Å². The molecule has 0 radical (unpaired) electrons. The van der Waals surface area contributed by atoms with Gasteiger partial charge in [0.05, 0.1) is 5.69 Å². The fraction of sp³-hybridized carbons (Fsp3) is 0.562. The van der Waals surface area contributed by atoms with E-state index in [2.05, 4.69) is 15.4 Å². The molecule has 0 saturated carbocycles. The number of hydrogen-bond acceptors (Lipinski definition) is 5. The van der Waals surface area contributed by atoms with Gasteiger partial charge in [-0.25, -0.2) is 4.98 Å². The number of aryl methyl sites for hydroxylation is 2. The third-order valence-corrected chi connectivity index (χ3v) is 5.51. The molecule has 3 heterocycles. The fourth-order valence-electron chi connectivity index (χ4n) is 3.11. The number of carbonyl (C=O) groups is 1. The molecule has 1 unspecified atom stereocenters. The molecule has 1 saturated heterocycles. The third-order valence-electron chi connectivity index (χ3n) is 4.34. The average molecular weight is 333 g/mol. The Labute approximate surface area is 140 Å². The van der Waals surface area contributed by atoms with Crippen LogP contribution in [0.25, 0.3) is 0 Å². The molecule has 1 N–H and O–H groups in total. The Balaban J connectivity index is 1.72. The summed E-state index contributed by atoms with van der Waals surface area (Å²) in [6.07, 6.45) is 8.07. The molecule has 0 aliphatic carbocycles. The average Bonchev–Trinajstić information content (AvgIpc) is 3.22. The number of likely N-dealkylation sites (tertiary alicyclic amines) is 1. The van der Waals surface area contributed by atoms with Gasteiger partial charge >= 0.3 is 0 Å². The highest BCUT2D eigenvalue weighted by Crippen LogP contribution is 2.28. The van der Waals surface area contributed by atoms with Crippen molar-refractivity contribution in [1.29, 1.82) is 0 Å². The van der Waals surface area contributed by atoms with Gasteiger partial charge in [0.15, 0.2) is 5.13 Å². The predicted molar refractivity (Wildman–Crippen MR) is 91.9 cm³/mol. The first-order chi connectivity index (χ1) is 11.2. The van der Waals surface area contributed by atoms with Gasteiger partial charge in [0.25, 0.3) is 5.91 Å². The van der Waals surface area contributed by atoms with Gasteiger partial charge in [-0.2, -0.15) is 5.10 Å². The minimum atomic E-state index is 0.131. The summed E-state index contributed by atoms with van der Waals surface area (Å²) < 4.78 is 1.94. The van der Waals surface area contributed by atoms with Crippen LogP contribution in [-0.4, -0.2) is 45.2 Å². The molecule has 1 aliphatic rings. The van der Waals surface area contributed by atoms with Crippen LogP contribution in [-0.2, 0) is 6.54 Å². The van der Waals surface area contributed by atoms with E-state index >= 15 is 0 Å². The molecule has 2 aromatic rings. The van der Waals surface area contributed by atoms with E-state index in [4.69, 9.17) is 0 Å². The number of amides is 1. The molecule has 1 amide bonds. The predicted octanol–water partition coefficient (Wildman–Crippen LogP) is 2.77. The van der Waals surface area contributed by atoms with Gasteiger partial charge in [0, 0.05) is 38.6 Å². The number of nitrogens with one attached hydrogen (secondary N) is 1. The van der Waals surface area contributed by atoms with Crippen LogP contribution in [0.15, 0.2) is 18.5 Å². The smallest absolute Gasteiger partial charge is 0.266 e. The maximum atomic E-state index is 13.0. The first-order valence-corrected chi connectivity index (χ1v) is 8.94. The van der Waals surface area contributed by atoms with Crippen LogP contribution in [0.5, 0.6) is 0 Å². The lowest BCUT2D eigenvalue weighted by Crippen LogP contribution is -2.44. The lowest BCUT2D eigenvalue weighted by molar-refractivity contribution is 0.0598. The zero-order valence-electron chi connectivity index (χ0n) is 13.7. The van der Waals surface area contributed by atoms with E-state index in [0.29, 0.717) is 6.04 Å². The normalized spacial score (nSPS) is 18.2. The summed E-state index contributed by atoms with van der Waals surface area (Å²) in [6.45, 7) is 3.60. The van der Waals surface area contributed by atoms with Gasteiger partial charge in [-0.15, -0.1) is 0 Å². The first-order valence-electron chi connectivity index (χ1n) is 8.12. The Morgan fingerprint density at radius 2 is 2.35 bits per heavy atom. The fourth-order valence-corrected chi connectivity index (χ4v) is 3.99. The molecule has 6 nitrogen and oxygen atoms in total. The Hall–Kier alpha value is -1.89. The summed E-state index contributed by atoms with van der Waals surface area (Å²) in [6, 6.07) is 2.23. The minimum Gasteiger partial charge on any atom is -0.365 e. The van der Waals surface area contributed by atoms with Gasteiger partial charge in [-0.1, -0.05) is 11.3 Å². The Bertz CT molecular complexity index is 651. The summed E-state index contributed by atoms with van der Waals surface area (Å²) in [5.74, 6) is 0.131. The standard InChI is InChI=1S/C16H23N5OS/c1-12-14(23-16(17-2)19-12)15(22)21-10-4-3-6-13(21)7-11-20-9-5-8-18-20/h5,8-9,13H,3-4,6-7,10-11H2,1-2H3,(H,17,19). The number of rotatable bonds is 5. The molecule has 124 valence electrons. The topological polar surface area (TPSA) is 63.1 Å². The van der Waals surface area contributed by atoms with E-state index < -0.39 is 0 Å². The molecule has 7 heteroatoms. The quantitative estimate of drug-likeness (QED) is 0.914. The number of nitrogens with zero attached hydrogens (tertiary/aromatic N) is 4. The van der Waals surface area contributed by atoms with Crippen LogP contribution in [0.1, 0.15) is 41.0 Å². The van der Waals surface area contributed by atoms with E-state index in [-0.39, 0.29) is 5.91 Å². The second-order valence-corrected chi connectivity index (χ2v) is 6.89. The molecular formula is C16H23N5OS. The molecule has 1 fully saturated rings. The lowest BCUT2D eigenvalue weighted by Gasteiger charge is -2.35. The SMILES string of the molecule is CNc1nc(C)c(C(=O)N2CCCCC2CCn2cccn2)s1. The summed E-state index contributed by atoms with van der Waals surface area (Å²) in [4.78, 5) is 20.2. The maximum absolute atomic E-state index is 13.0. The zero-order chi connectivity index (χ0) is 16.2. The molecule has 3 rings (SSSR count). The molecule has 1 aliphatic heterocycles. The van der Waals surface area contributed by atoms with E-state index in [1.165, 1.54) is 17.8 Å². The number of anilines is 1. The van der Waals surface area contributed by atoms with Crippen molar-refractivity contribution in [3.8, 4) is 0 Å². The Kier molecular flexibility index (Phi) is 4.95. The molecule has 1 atom stereocenters. The Morgan fingerprint density at radius 1 is 1.48 bits per heavy atom. The second-order valence-electron chi connectivity index (χ2n) is 5.89. The highest BCUT2D eigenvalue weighted by molar-refractivity contribution is 7.17. The molecular weight excluding hydrogens is 310 g/mol. The van der Waals surface area contributed by atoms with Crippen molar-refractivity contribution in [3.05, 3.63) is 29.0 Å². The number of piperidine rings is 1. The highest BCUT2D eigenvalue weighted by Gasteiger charge is 2.29. The van der Waals surface area contributed by atoms with Crippen LogP contribution in [0.4, 0.5) is 5.13 Å². The number of thiazole rings is 1. The zero-order valence-corrected chi connectivity index (χ0v) is 14.5. The third kappa shape index (κ3) is 3.55. The maximum Gasteiger partial charge on any atom is 0.266 e. The number of hydrogen-bond donors (Lipinski definition) is 1. The van der Waals surface area contributed by atoms with E-state index in [0.717, 1.165) is 48.1 Å². The van der Waals surface area contributed by atoms with Gasteiger partial charge in [-0.05, 0) is 38.7 Å². The van der Waals surface area contributed by atoms with Gasteiger partial charge in [0.1, 0.15) is 4.88 Å². The minimum absolute atomic E-state index is 0.131. The highest BCUT2D eigenvalue weighted by atomic mass is 32.1. The first kappa shape index (κ1) is 16.0. The van der Waals surface area contributed by atoms with Crippen molar-refractivity contribution in [3.63, 3.8) is 0 Å². The van der Waals surface area contributed by atoms with Crippen molar-refractivity contribution in [2.45, 2.75) is 45.2 Å². The molecule has 0 bridgehead atoms. The van der Waals surface area contributed by atoms with Crippen LogP contribution >= 0.6 is 11.3 Å². The van der Waals surface area contributed by atoms with Gasteiger partial charge in [-0.3, -0.25) is 9.48 Å². The molecule has 23 heavy (non-hydrogen) atoms. The van der Waals surface area contributed by atoms with Crippen molar-refractivity contribution in [2.75, 3.05) is 18.9 Å². The van der Waals surface area contributed by atoms with Crippen molar-refractivity contribution >= 4 is 22.4 Å². The van der Waals surface area contributed by atoms with Gasteiger partial charge in [0.2, 0.25) is 0 Å². The van der Waals surface area contributed by atoms with E-state index in [1.807, 2.05) is 35.8 Å². The van der Waals surface area contributed by atoms with Crippen LogP contribution in [0, 0.1) is 6.92 Å². The summed E-state index contributed by atoms with van der Waals surface area (Å²) in [5.41, 5.74) is 0.820. The summed E-state index contributed by atoms with van der Waals surface area (Å²) >= 11 is 1.45. The van der Waals surface area contributed by atoms with Crippen molar-refractivity contribution < 1.29 is 4.79 Å². The van der Waals surface area contributed by atoms with Crippen molar-refractivity contribution in [2.24, 2.45) is 0 Å². The second kappa shape index (κ2) is 7.12. The summed E-state index contributed by atoms with van der Waals surface area (Å²) in [7, 11) is 1.83. The van der Waals surface area contributed by atoms with Crippen LogP contribution in [0.2, 0.25) is 0 Å². The number of aromatic nitrogens is 3. The van der Waals surface area contributed by atoms with E-state index in [1.54, 1.807) is 6.20 Å². The van der Waals surface area contributed by atoms with Gasteiger partial charge < -0.3 is 10.2 Å². The molecule has 2 aromatic heterocycles.